The summed E-state index contributed by atoms with van der Waals surface area (Å²) in [6.07, 6.45) is 13.8. The predicted molar refractivity (Wildman–Crippen MR) is 144 cm³/mol. The second kappa shape index (κ2) is 12.5. The van der Waals surface area contributed by atoms with Gasteiger partial charge >= 0.3 is 0 Å². The van der Waals surface area contributed by atoms with Gasteiger partial charge in [0.25, 0.3) is 0 Å². The van der Waals surface area contributed by atoms with E-state index in [2.05, 4.69) is 37.3 Å². The van der Waals surface area contributed by atoms with Crippen molar-refractivity contribution in [2.45, 2.75) is 77.6 Å². The fourth-order valence-corrected chi connectivity index (χ4v) is 5.51. The van der Waals surface area contributed by atoms with Crippen LogP contribution in [-0.2, 0) is 19.3 Å². The van der Waals surface area contributed by atoms with E-state index in [4.69, 9.17) is 11.6 Å². The second-order valence-corrected chi connectivity index (χ2v) is 10.6. The van der Waals surface area contributed by atoms with E-state index in [0.29, 0.717) is 10.6 Å². The quantitative estimate of drug-likeness (QED) is 0.273. The lowest BCUT2D eigenvalue weighted by molar-refractivity contribution is 0.253. The summed E-state index contributed by atoms with van der Waals surface area (Å²) in [4.78, 5) is 0. The van der Waals surface area contributed by atoms with Crippen LogP contribution in [0.4, 0.5) is 4.39 Å². The lowest BCUT2D eigenvalue weighted by atomic mass is 9.77. The maximum absolute atomic E-state index is 14.7. The second-order valence-electron chi connectivity index (χ2n) is 10.2. The van der Waals surface area contributed by atoms with E-state index < -0.39 is 0 Å². The largest absolute Gasteiger partial charge is 0.206 e. The van der Waals surface area contributed by atoms with Crippen molar-refractivity contribution in [3.05, 3.63) is 94.3 Å². The molecule has 0 aromatic heterocycles. The number of unbranched alkanes of at least 4 members (excludes halogenated alkanes) is 1. The molecule has 4 rings (SSSR count). The molecular weight excluding hydrogens is 439 g/mol. The molecule has 0 spiro atoms. The van der Waals surface area contributed by atoms with Gasteiger partial charge in [0.1, 0.15) is 5.82 Å². The third kappa shape index (κ3) is 7.19. The molecule has 3 aromatic carbocycles. The van der Waals surface area contributed by atoms with Gasteiger partial charge in [0.2, 0.25) is 0 Å². The van der Waals surface area contributed by atoms with Crippen LogP contribution in [0.15, 0.2) is 66.7 Å². The number of benzene rings is 3. The van der Waals surface area contributed by atoms with Crippen molar-refractivity contribution in [2.24, 2.45) is 11.8 Å². The molecule has 0 nitrogen and oxygen atoms in total. The number of hydrogen-bond donors (Lipinski definition) is 0. The monoisotopic (exact) mass is 476 g/mol. The third-order valence-electron chi connectivity index (χ3n) is 7.68. The topological polar surface area (TPSA) is 0 Å². The van der Waals surface area contributed by atoms with E-state index in [1.807, 2.05) is 30.3 Å². The van der Waals surface area contributed by atoms with Gasteiger partial charge in [0, 0.05) is 10.6 Å². The molecule has 180 valence electrons. The number of rotatable bonds is 10. The summed E-state index contributed by atoms with van der Waals surface area (Å²) < 4.78 is 14.7. The van der Waals surface area contributed by atoms with Gasteiger partial charge in [-0.2, -0.15) is 0 Å². The lowest BCUT2D eigenvalue weighted by Crippen LogP contribution is -2.15. The molecule has 0 bridgehead atoms. The Labute approximate surface area is 210 Å². The first-order chi connectivity index (χ1) is 16.6. The van der Waals surface area contributed by atoms with Crippen molar-refractivity contribution < 1.29 is 4.39 Å². The molecule has 0 radical (unpaired) electrons. The van der Waals surface area contributed by atoms with E-state index in [1.54, 1.807) is 6.07 Å². The smallest absolute Gasteiger partial charge is 0.131 e. The van der Waals surface area contributed by atoms with Crippen molar-refractivity contribution in [2.75, 3.05) is 0 Å². The van der Waals surface area contributed by atoms with Gasteiger partial charge < -0.3 is 0 Å². The average molecular weight is 477 g/mol. The highest BCUT2D eigenvalue weighted by Gasteiger charge is 2.21. The first-order valence-electron chi connectivity index (χ1n) is 13.2. The van der Waals surface area contributed by atoms with Crippen LogP contribution in [-0.4, -0.2) is 0 Å². The summed E-state index contributed by atoms with van der Waals surface area (Å²) in [6, 6.07) is 22.4. The third-order valence-corrected chi connectivity index (χ3v) is 7.93. The molecule has 0 atom stereocenters. The molecule has 0 unspecified atom stereocenters. The van der Waals surface area contributed by atoms with Crippen LogP contribution in [0.1, 0.15) is 75.0 Å². The molecule has 1 aliphatic rings. The molecule has 0 aliphatic heterocycles. The van der Waals surface area contributed by atoms with E-state index in [0.717, 1.165) is 29.4 Å². The molecule has 0 saturated heterocycles. The minimum Gasteiger partial charge on any atom is -0.206 e. The minimum absolute atomic E-state index is 0.137. The Hall–Kier alpha value is -2.12. The number of hydrogen-bond acceptors (Lipinski definition) is 0. The summed E-state index contributed by atoms with van der Waals surface area (Å²) in [7, 11) is 0. The zero-order valence-electron chi connectivity index (χ0n) is 20.5. The Balaban J connectivity index is 1.19. The Morgan fingerprint density at radius 1 is 0.706 bits per heavy atom. The fourth-order valence-electron chi connectivity index (χ4n) is 5.38. The van der Waals surface area contributed by atoms with Crippen molar-refractivity contribution in [1.29, 1.82) is 0 Å². The summed E-state index contributed by atoms with van der Waals surface area (Å²) in [5, 5.41) is 0.673. The fraction of sp³-hybridized carbons (Fsp3) is 0.438. The van der Waals surface area contributed by atoms with Crippen LogP contribution in [0, 0.1) is 17.7 Å². The Bertz CT molecular complexity index is 1010. The normalized spacial score (nSPS) is 18.2. The maximum Gasteiger partial charge on any atom is 0.131 e. The summed E-state index contributed by atoms with van der Waals surface area (Å²) in [6.45, 7) is 2.25. The number of halogens is 2. The van der Waals surface area contributed by atoms with Crippen LogP contribution in [0.5, 0.6) is 0 Å². The molecule has 0 amide bonds. The molecule has 34 heavy (non-hydrogen) atoms. The van der Waals surface area contributed by atoms with Crippen molar-refractivity contribution in [1.82, 2.24) is 0 Å². The zero-order valence-corrected chi connectivity index (χ0v) is 21.3. The maximum atomic E-state index is 14.7. The molecule has 2 heteroatoms. The van der Waals surface area contributed by atoms with Crippen molar-refractivity contribution >= 4 is 11.6 Å². The van der Waals surface area contributed by atoms with Crippen LogP contribution in [0.3, 0.4) is 0 Å². The zero-order chi connectivity index (χ0) is 23.8. The standard InChI is InChI=1S/C32H38ClF/c1-2-3-4-24-5-7-25(8-6-24)9-10-26-11-13-27(14-12-26)15-16-28-17-22-31(32(34)23-28)29-18-20-30(33)21-19-29/h5-8,17-23,26-27H,2-4,9-16H2,1H3. The molecule has 3 aromatic rings. The average Bonchev–Trinajstić information content (AvgIpc) is 2.87. The Morgan fingerprint density at radius 3 is 1.79 bits per heavy atom. The first-order valence-corrected chi connectivity index (χ1v) is 13.6. The van der Waals surface area contributed by atoms with E-state index in [-0.39, 0.29) is 5.82 Å². The predicted octanol–water partition coefficient (Wildman–Crippen LogP) is 9.86. The van der Waals surface area contributed by atoms with Gasteiger partial charge in [-0.1, -0.05) is 99.2 Å². The molecular formula is C32H38ClF. The minimum atomic E-state index is -0.137. The van der Waals surface area contributed by atoms with Crippen LogP contribution < -0.4 is 0 Å². The highest BCUT2D eigenvalue weighted by molar-refractivity contribution is 6.30. The Morgan fingerprint density at radius 2 is 1.24 bits per heavy atom. The van der Waals surface area contributed by atoms with Gasteiger partial charge in [-0.05, 0) is 90.8 Å². The summed E-state index contributed by atoms with van der Waals surface area (Å²) in [5.74, 6) is 1.52. The number of aryl methyl sites for hydroxylation is 3. The van der Waals surface area contributed by atoms with Gasteiger partial charge in [0.15, 0.2) is 0 Å². The molecule has 0 N–H and O–H groups in total. The van der Waals surface area contributed by atoms with Gasteiger partial charge in [0.05, 0.1) is 0 Å². The SMILES string of the molecule is CCCCc1ccc(CCC2CCC(CCc3ccc(-c4ccc(Cl)cc4)c(F)c3)CC2)cc1. The van der Waals surface area contributed by atoms with Gasteiger partial charge in [-0.3, -0.25) is 0 Å². The highest BCUT2D eigenvalue weighted by Crippen LogP contribution is 2.34. The summed E-state index contributed by atoms with van der Waals surface area (Å²) in [5.41, 5.74) is 5.60. The first kappa shape index (κ1) is 25.0. The van der Waals surface area contributed by atoms with Gasteiger partial charge in [-0.15, -0.1) is 0 Å². The van der Waals surface area contributed by atoms with Crippen LogP contribution in [0.25, 0.3) is 11.1 Å². The van der Waals surface area contributed by atoms with E-state index >= 15 is 0 Å². The lowest BCUT2D eigenvalue weighted by Gasteiger charge is -2.28. The van der Waals surface area contributed by atoms with Crippen LogP contribution >= 0.6 is 11.6 Å². The summed E-state index contributed by atoms with van der Waals surface area (Å²) >= 11 is 5.96. The van der Waals surface area contributed by atoms with Crippen molar-refractivity contribution in [3.63, 3.8) is 0 Å². The van der Waals surface area contributed by atoms with Crippen molar-refractivity contribution in [3.8, 4) is 11.1 Å². The molecule has 1 saturated carbocycles. The Kier molecular flexibility index (Phi) is 9.22. The van der Waals surface area contributed by atoms with Gasteiger partial charge in [-0.25, -0.2) is 4.39 Å². The van der Waals surface area contributed by atoms with Crippen LogP contribution in [0.2, 0.25) is 5.02 Å². The molecule has 0 heterocycles. The molecule has 1 aliphatic carbocycles. The van der Waals surface area contributed by atoms with E-state index in [1.165, 1.54) is 75.3 Å². The highest BCUT2D eigenvalue weighted by atomic mass is 35.5. The molecule has 1 fully saturated rings. The van der Waals surface area contributed by atoms with E-state index in [9.17, 15) is 4.39 Å².